The van der Waals surface area contributed by atoms with Crippen LogP contribution in [0.4, 0.5) is 5.69 Å². The smallest absolute Gasteiger partial charge is 0.243 e. The van der Waals surface area contributed by atoms with Crippen LogP contribution in [-0.4, -0.2) is 26.3 Å². The molecule has 2 aromatic rings. The third kappa shape index (κ3) is 3.00. The van der Waals surface area contributed by atoms with Crippen molar-refractivity contribution in [3.63, 3.8) is 0 Å². The topological polar surface area (TPSA) is 49.4 Å². The van der Waals surface area contributed by atoms with Gasteiger partial charge < -0.3 is 5.32 Å². The number of anilines is 1. The average Bonchev–Trinajstić information content (AvgIpc) is 2.55. The number of rotatable bonds is 4. The number of benzene rings is 2. The molecule has 22 heavy (non-hydrogen) atoms. The van der Waals surface area contributed by atoms with E-state index < -0.39 is 10.0 Å². The Hall–Kier alpha value is -1.85. The average molecular weight is 316 g/mol. The summed E-state index contributed by atoms with van der Waals surface area (Å²) in [6, 6.07) is 15.0. The number of sulfonamides is 1. The van der Waals surface area contributed by atoms with Crippen LogP contribution in [0, 0.1) is 0 Å². The van der Waals surface area contributed by atoms with Gasteiger partial charge in [0.2, 0.25) is 10.0 Å². The minimum atomic E-state index is -3.47. The van der Waals surface area contributed by atoms with E-state index >= 15 is 0 Å². The molecule has 4 nitrogen and oxygen atoms in total. The summed E-state index contributed by atoms with van der Waals surface area (Å²) in [6.07, 6.45) is 1.96. The highest BCUT2D eigenvalue weighted by Gasteiger charge is 2.22. The Bertz CT molecular complexity index is 757. The van der Waals surface area contributed by atoms with E-state index in [1.54, 1.807) is 19.2 Å². The van der Waals surface area contributed by atoms with E-state index in [0.717, 1.165) is 36.2 Å². The van der Waals surface area contributed by atoms with Crippen LogP contribution in [0.3, 0.4) is 0 Å². The third-order valence-corrected chi connectivity index (χ3v) is 5.77. The molecule has 5 heteroatoms. The molecule has 1 heterocycles. The molecule has 3 rings (SSSR count). The van der Waals surface area contributed by atoms with Crippen molar-refractivity contribution in [3.05, 3.63) is 59.7 Å². The monoisotopic (exact) mass is 316 g/mol. The molecule has 2 aromatic carbocycles. The summed E-state index contributed by atoms with van der Waals surface area (Å²) in [4.78, 5) is 0.369. The van der Waals surface area contributed by atoms with Gasteiger partial charge in [-0.15, -0.1) is 0 Å². The van der Waals surface area contributed by atoms with Gasteiger partial charge >= 0.3 is 0 Å². The maximum atomic E-state index is 12.7. The largest absolute Gasteiger partial charge is 0.385 e. The zero-order chi connectivity index (χ0) is 15.6. The number of hydrogen-bond acceptors (Lipinski definition) is 3. The van der Waals surface area contributed by atoms with Crippen LogP contribution in [0.5, 0.6) is 0 Å². The Morgan fingerprint density at radius 1 is 1.14 bits per heavy atom. The molecule has 0 atom stereocenters. The zero-order valence-electron chi connectivity index (χ0n) is 12.6. The van der Waals surface area contributed by atoms with Crippen molar-refractivity contribution < 1.29 is 8.42 Å². The molecule has 0 radical (unpaired) electrons. The normalized spacial score (nSPS) is 14.5. The molecule has 0 unspecified atom stereocenters. The number of nitrogens with one attached hydrogen (secondary N) is 1. The van der Waals surface area contributed by atoms with Gasteiger partial charge in [0.15, 0.2) is 0 Å². The van der Waals surface area contributed by atoms with Crippen LogP contribution in [0.1, 0.15) is 17.5 Å². The standard InChI is InChI=1S/C17H20N2O2S/c1-19(13-14-6-3-2-4-7-14)22(20,21)16-9-10-17-15(12-16)8-5-11-18-17/h2-4,6-7,9-10,12,18H,5,8,11,13H2,1H3. The predicted molar refractivity (Wildman–Crippen MR) is 88.3 cm³/mol. The van der Waals surface area contributed by atoms with Gasteiger partial charge in [-0.2, -0.15) is 4.31 Å². The fraction of sp³-hybridized carbons (Fsp3) is 0.294. The Labute approximate surface area is 131 Å². The summed E-state index contributed by atoms with van der Waals surface area (Å²) in [5.74, 6) is 0. The van der Waals surface area contributed by atoms with Crippen molar-refractivity contribution in [2.24, 2.45) is 0 Å². The van der Waals surface area contributed by atoms with E-state index in [9.17, 15) is 8.42 Å². The third-order valence-electron chi connectivity index (χ3n) is 3.97. The van der Waals surface area contributed by atoms with Crippen LogP contribution in [0.25, 0.3) is 0 Å². The van der Waals surface area contributed by atoms with E-state index in [4.69, 9.17) is 0 Å². The Morgan fingerprint density at radius 2 is 1.91 bits per heavy atom. The van der Waals surface area contributed by atoms with Crippen molar-refractivity contribution in [3.8, 4) is 0 Å². The molecule has 1 aliphatic rings. The molecule has 0 saturated heterocycles. The summed E-state index contributed by atoms with van der Waals surface area (Å²) >= 11 is 0. The first kappa shape index (κ1) is 15.1. The summed E-state index contributed by atoms with van der Waals surface area (Å²) in [5.41, 5.74) is 3.12. The maximum absolute atomic E-state index is 12.7. The van der Waals surface area contributed by atoms with Gasteiger partial charge in [-0.05, 0) is 42.2 Å². The first-order valence-electron chi connectivity index (χ1n) is 7.44. The molecule has 1 aliphatic heterocycles. The van der Waals surface area contributed by atoms with E-state index in [-0.39, 0.29) is 0 Å². The van der Waals surface area contributed by atoms with Gasteiger partial charge in [-0.1, -0.05) is 30.3 Å². The van der Waals surface area contributed by atoms with Gasteiger partial charge in [0, 0.05) is 25.8 Å². The van der Waals surface area contributed by atoms with Gasteiger partial charge in [-0.25, -0.2) is 8.42 Å². The SMILES string of the molecule is CN(Cc1ccccc1)S(=O)(=O)c1ccc2c(c1)CCCN2. The van der Waals surface area contributed by atoms with Gasteiger partial charge in [-0.3, -0.25) is 0 Å². The lowest BCUT2D eigenvalue weighted by Crippen LogP contribution is -2.26. The van der Waals surface area contributed by atoms with Crippen molar-refractivity contribution in [2.45, 2.75) is 24.3 Å². The minimum absolute atomic E-state index is 0.369. The highest BCUT2D eigenvalue weighted by molar-refractivity contribution is 7.89. The van der Waals surface area contributed by atoms with Crippen molar-refractivity contribution in [1.82, 2.24) is 4.31 Å². The van der Waals surface area contributed by atoms with E-state index in [1.165, 1.54) is 4.31 Å². The number of hydrogen-bond donors (Lipinski definition) is 1. The molecule has 0 bridgehead atoms. The first-order valence-corrected chi connectivity index (χ1v) is 8.88. The highest BCUT2D eigenvalue weighted by atomic mass is 32.2. The Morgan fingerprint density at radius 3 is 2.68 bits per heavy atom. The summed E-state index contributed by atoms with van der Waals surface area (Å²) < 4.78 is 26.9. The summed E-state index contributed by atoms with van der Waals surface area (Å²) in [6.45, 7) is 1.32. The highest BCUT2D eigenvalue weighted by Crippen LogP contribution is 2.26. The molecule has 0 spiro atoms. The quantitative estimate of drug-likeness (QED) is 0.943. The lowest BCUT2D eigenvalue weighted by Gasteiger charge is -2.21. The summed E-state index contributed by atoms with van der Waals surface area (Å²) in [5, 5.41) is 3.30. The molecular formula is C17H20N2O2S. The molecule has 0 fully saturated rings. The lowest BCUT2D eigenvalue weighted by molar-refractivity contribution is 0.466. The Kier molecular flexibility index (Phi) is 4.18. The molecule has 0 amide bonds. The second kappa shape index (κ2) is 6.10. The maximum Gasteiger partial charge on any atom is 0.243 e. The van der Waals surface area contributed by atoms with Crippen LogP contribution >= 0.6 is 0 Å². The molecule has 0 aromatic heterocycles. The summed E-state index contributed by atoms with van der Waals surface area (Å²) in [7, 11) is -1.84. The van der Waals surface area contributed by atoms with Crippen LogP contribution in [-0.2, 0) is 23.0 Å². The number of nitrogens with zero attached hydrogens (tertiary/aromatic N) is 1. The van der Waals surface area contributed by atoms with E-state index in [2.05, 4.69) is 5.32 Å². The molecule has 0 aliphatic carbocycles. The van der Waals surface area contributed by atoms with E-state index in [1.807, 2.05) is 36.4 Å². The van der Waals surface area contributed by atoms with Crippen LogP contribution in [0.15, 0.2) is 53.4 Å². The second-order valence-corrected chi connectivity index (χ2v) is 7.64. The van der Waals surface area contributed by atoms with Crippen LogP contribution < -0.4 is 5.32 Å². The van der Waals surface area contributed by atoms with Crippen molar-refractivity contribution >= 4 is 15.7 Å². The fourth-order valence-corrected chi connectivity index (χ4v) is 3.93. The van der Waals surface area contributed by atoms with Crippen molar-refractivity contribution in [2.75, 3.05) is 18.9 Å². The van der Waals surface area contributed by atoms with Gasteiger partial charge in [0.1, 0.15) is 0 Å². The molecular weight excluding hydrogens is 296 g/mol. The zero-order valence-corrected chi connectivity index (χ0v) is 13.4. The Balaban J connectivity index is 1.86. The molecule has 116 valence electrons. The van der Waals surface area contributed by atoms with Crippen molar-refractivity contribution in [1.29, 1.82) is 0 Å². The molecule has 0 saturated carbocycles. The molecule has 1 N–H and O–H groups in total. The second-order valence-electron chi connectivity index (χ2n) is 5.60. The minimum Gasteiger partial charge on any atom is -0.385 e. The predicted octanol–water partition coefficient (Wildman–Crippen LogP) is 2.87. The van der Waals surface area contributed by atoms with Crippen LogP contribution in [0.2, 0.25) is 0 Å². The van der Waals surface area contributed by atoms with E-state index in [0.29, 0.717) is 11.4 Å². The number of fused-ring (bicyclic) bond motifs is 1. The van der Waals surface area contributed by atoms with Gasteiger partial charge in [0.05, 0.1) is 4.90 Å². The number of aryl methyl sites for hydroxylation is 1. The fourth-order valence-electron chi connectivity index (χ4n) is 2.72. The first-order chi connectivity index (χ1) is 10.6. The lowest BCUT2D eigenvalue weighted by atomic mass is 10.0. The van der Waals surface area contributed by atoms with Gasteiger partial charge in [0.25, 0.3) is 0 Å².